The Labute approximate surface area is 111 Å². The van der Waals surface area contributed by atoms with Gasteiger partial charge in [-0.15, -0.1) is 5.10 Å². The van der Waals surface area contributed by atoms with Gasteiger partial charge in [-0.1, -0.05) is 23.9 Å². The number of fused-ring (bicyclic) bond motifs is 1. The Morgan fingerprint density at radius 2 is 2.11 bits per heavy atom. The number of benzene rings is 1. The van der Waals surface area contributed by atoms with Gasteiger partial charge in [-0.05, 0) is 22.6 Å². The van der Waals surface area contributed by atoms with Crippen molar-refractivity contribution in [2.24, 2.45) is 0 Å². The van der Waals surface area contributed by atoms with Crippen LogP contribution in [0, 0.1) is 0 Å². The zero-order chi connectivity index (χ0) is 13.2. The second-order valence-electron chi connectivity index (χ2n) is 3.60. The Balaban J connectivity index is 2.06. The van der Waals surface area contributed by atoms with Crippen LogP contribution in [-0.2, 0) is 0 Å². The van der Waals surface area contributed by atoms with Crippen LogP contribution in [0.1, 0.15) is 10.4 Å². The highest BCUT2D eigenvalue weighted by atomic mass is 32.2. The highest BCUT2D eigenvalue weighted by Gasteiger charge is 2.12. The van der Waals surface area contributed by atoms with Crippen LogP contribution < -0.4 is 0 Å². The van der Waals surface area contributed by atoms with Gasteiger partial charge in [-0.3, -0.25) is 4.98 Å². The molecule has 3 aromatic rings. The summed E-state index contributed by atoms with van der Waals surface area (Å²) in [7, 11) is 0. The van der Waals surface area contributed by atoms with E-state index in [-0.39, 0.29) is 5.56 Å². The van der Waals surface area contributed by atoms with E-state index in [0.29, 0.717) is 15.6 Å². The fourth-order valence-corrected chi connectivity index (χ4v) is 2.54. The summed E-state index contributed by atoms with van der Waals surface area (Å²) < 4.78 is 1.51. The minimum atomic E-state index is -0.972. The predicted octanol–water partition coefficient (Wildman–Crippen LogP) is 1.37. The highest BCUT2D eigenvalue weighted by Crippen LogP contribution is 2.29. The van der Waals surface area contributed by atoms with E-state index in [9.17, 15) is 4.79 Å². The van der Waals surface area contributed by atoms with Gasteiger partial charge < -0.3 is 5.11 Å². The quantitative estimate of drug-likeness (QED) is 0.770. The molecule has 0 saturated carbocycles. The summed E-state index contributed by atoms with van der Waals surface area (Å²) in [6.07, 6.45) is 3.12. The Morgan fingerprint density at radius 3 is 2.95 bits per heavy atom. The van der Waals surface area contributed by atoms with E-state index in [2.05, 4.69) is 20.5 Å². The predicted molar refractivity (Wildman–Crippen MR) is 66.1 cm³/mol. The molecule has 7 nitrogen and oxygen atoms in total. The van der Waals surface area contributed by atoms with Gasteiger partial charge in [0, 0.05) is 4.90 Å². The Hall–Kier alpha value is -2.48. The van der Waals surface area contributed by atoms with Crippen molar-refractivity contribution in [1.82, 2.24) is 25.0 Å². The summed E-state index contributed by atoms with van der Waals surface area (Å²) in [4.78, 5) is 15.8. The van der Waals surface area contributed by atoms with Crippen LogP contribution >= 0.6 is 11.8 Å². The Bertz CT molecular complexity index is 757. The molecular weight excluding hydrogens is 266 g/mol. The van der Waals surface area contributed by atoms with Crippen LogP contribution in [0.15, 0.2) is 46.6 Å². The monoisotopic (exact) mass is 273 g/mol. The molecule has 2 heterocycles. The van der Waals surface area contributed by atoms with Crippen LogP contribution in [0.5, 0.6) is 0 Å². The second kappa shape index (κ2) is 4.65. The van der Waals surface area contributed by atoms with E-state index in [4.69, 9.17) is 5.11 Å². The first-order chi connectivity index (χ1) is 9.25. The molecule has 3 rings (SSSR count). The lowest BCUT2D eigenvalue weighted by Crippen LogP contribution is -1.99. The molecule has 1 aromatic carbocycles. The third-order valence-electron chi connectivity index (χ3n) is 2.41. The molecule has 0 aliphatic heterocycles. The van der Waals surface area contributed by atoms with E-state index in [1.54, 1.807) is 30.5 Å². The number of nitrogens with zero attached hydrogens (tertiary/aromatic N) is 5. The lowest BCUT2D eigenvalue weighted by Gasteiger charge is -2.05. The smallest absolute Gasteiger partial charge is 0.336 e. The van der Waals surface area contributed by atoms with Gasteiger partial charge in [-0.2, -0.15) is 4.52 Å². The van der Waals surface area contributed by atoms with Crippen LogP contribution in [0.2, 0.25) is 0 Å². The number of carboxylic acids is 1. The van der Waals surface area contributed by atoms with Gasteiger partial charge in [0.05, 0.1) is 18.0 Å². The maximum atomic E-state index is 11.1. The second-order valence-corrected chi connectivity index (χ2v) is 4.66. The standard InChI is InChI=1S/C11H7N5O2S/c17-11(18)7-3-1-2-4-8(7)19-10-6-12-5-9-13-14-15-16(9)10/h1-6H,(H,17,18). The molecule has 0 aliphatic carbocycles. The van der Waals surface area contributed by atoms with Crippen molar-refractivity contribution in [1.29, 1.82) is 0 Å². The molecule has 8 heteroatoms. The molecule has 0 saturated heterocycles. The average molecular weight is 273 g/mol. The first kappa shape index (κ1) is 11.6. The number of hydrogen-bond acceptors (Lipinski definition) is 6. The summed E-state index contributed by atoms with van der Waals surface area (Å²) in [6, 6.07) is 6.75. The molecule has 0 radical (unpaired) electrons. The fraction of sp³-hybridized carbons (Fsp3) is 0. The van der Waals surface area contributed by atoms with Crippen LogP contribution in [0.3, 0.4) is 0 Å². The third kappa shape index (κ3) is 2.13. The lowest BCUT2D eigenvalue weighted by molar-refractivity contribution is 0.0693. The Morgan fingerprint density at radius 1 is 1.26 bits per heavy atom. The largest absolute Gasteiger partial charge is 0.478 e. The summed E-state index contributed by atoms with van der Waals surface area (Å²) in [5.41, 5.74) is 0.746. The zero-order valence-electron chi connectivity index (χ0n) is 9.46. The van der Waals surface area contributed by atoms with Gasteiger partial charge in [0.25, 0.3) is 0 Å². The molecule has 94 valence electrons. The van der Waals surface area contributed by atoms with Crippen molar-refractivity contribution in [2.75, 3.05) is 0 Å². The van der Waals surface area contributed by atoms with Crippen molar-refractivity contribution in [3.63, 3.8) is 0 Å². The summed E-state index contributed by atoms with van der Waals surface area (Å²) in [5, 5.41) is 21.0. The maximum absolute atomic E-state index is 11.1. The first-order valence-corrected chi connectivity index (χ1v) is 6.09. The van der Waals surface area contributed by atoms with Crippen molar-refractivity contribution in [2.45, 2.75) is 9.92 Å². The van der Waals surface area contributed by atoms with Gasteiger partial charge in [0.2, 0.25) is 0 Å². The molecule has 0 unspecified atom stereocenters. The molecule has 0 aliphatic rings. The number of tetrazole rings is 1. The van der Waals surface area contributed by atoms with E-state index in [0.717, 1.165) is 0 Å². The first-order valence-electron chi connectivity index (χ1n) is 5.28. The molecule has 2 aromatic heterocycles. The van der Waals surface area contributed by atoms with Crippen molar-refractivity contribution in [3.05, 3.63) is 42.2 Å². The van der Waals surface area contributed by atoms with Gasteiger partial charge in [-0.25, -0.2) is 4.79 Å². The maximum Gasteiger partial charge on any atom is 0.336 e. The van der Waals surface area contributed by atoms with E-state index < -0.39 is 5.97 Å². The number of carbonyl (C=O) groups is 1. The molecule has 0 bridgehead atoms. The van der Waals surface area contributed by atoms with E-state index >= 15 is 0 Å². The molecule has 0 spiro atoms. The average Bonchev–Trinajstić information content (AvgIpc) is 2.88. The van der Waals surface area contributed by atoms with Crippen molar-refractivity contribution in [3.8, 4) is 0 Å². The number of aromatic carboxylic acids is 1. The van der Waals surface area contributed by atoms with Crippen molar-refractivity contribution < 1.29 is 9.90 Å². The van der Waals surface area contributed by atoms with Gasteiger partial charge in [0.1, 0.15) is 5.03 Å². The minimum Gasteiger partial charge on any atom is -0.478 e. The van der Waals surface area contributed by atoms with E-state index in [1.807, 2.05) is 0 Å². The topological polar surface area (TPSA) is 93.3 Å². The minimum absolute atomic E-state index is 0.234. The Kier molecular flexibility index (Phi) is 2.84. The lowest BCUT2D eigenvalue weighted by atomic mass is 10.2. The SMILES string of the molecule is O=C(O)c1ccccc1Sc1cncc2nnnn12. The molecule has 1 N–H and O–H groups in total. The summed E-state index contributed by atoms with van der Waals surface area (Å²) >= 11 is 1.25. The van der Waals surface area contributed by atoms with Crippen LogP contribution in [0.4, 0.5) is 0 Å². The number of rotatable bonds is 3. The van der Waals surface area contributed by atoms with Crippen molar-refractivity contribution >= 4 is 23.4 Å². The van der Waals surface area contributed by atoms with E-state index in [1.165, 1.54) is 22.5 Å². The fourth-order valence-electron chi connectivity index (χ4n) is 1.57. The third-order valence-corrected chi connectivity index (χ3v) is 3.47. The number of hydrogen-bond donors (Lipinski definition) is 1. The number of aromatic nitrogens is 5. The molecule has 0 atom stereocenters. The summed E-state index contributed by atoms with van der Waals surface area (Å²) in [6.45, 7) is 0. The molecule has 0 fully saturated rings. The molecule has 19 heavy (non-hydrogen) atoms. The normalized spacial score (nSPS) is 10.7. The van der Waals surface area contributed by atoms with Crippen LogP contribution in [-0.4, -0.2) is 36.1 Å². The zero-order valence-corrected chi connectivity index (χ0v) is 10.3. The number of carboxylic acid groups (broad SMARTS) is 1. The van der Waals surface area contributed by atoms with Gasteiger partial charge in [0.15, 0.2) is 5.65 Å². The van der Waals surface area contributed by atoms with Gasteiger partial charge >= 0.3 is 5.97 Å². The molecule has 0 amide bonds. The summed E-state index contributed by atoms with van der Waals surface area (Å²) in [5.74, 6) is -0.972. The van der Waals surface area contributed by atoms with Crippen LogP contribution in [0.25, 0.3) is 5.65 Å². The highest BCUT2D eigenvalue weighted by molar-refractivity contribution is 7.99. The molecular formula is C11H7N5O2S.